The molecule has 1 aliphatic heterocycles. The number of likely N-dealkylation sites (tertiary alicyclic amines) is 1. The predicted octanol–water partition coefficient (Wildman–Crippen LogP) is 2.38. The van der Waals surface area contributed by atoms with Gasteiger partial charge in [-0.3, -0.25) is 4.90 Å². The fraction of sp³-hybridized carbons (Fsp3) is 1.00. The van der Waals surface area contributed by atoms with Crippen molar-refractivity contribution in [1.29, 1.82) is 0 Å². The Bertz CT molecular complexity index is 237. The molecule has 1 fully saturated rings. The summed E-state index contributed by atoms with van der Waals surface area (Å²) in [5, 5.41) is 9.80. The summed E-state index contributed by atoms with van der Waals surface area (Å²) >= 11 is 0. The number of hydrogen-bond acceptors (Lipinski definition) is 3. The normalized spacial score (nSPS) is 26.7. The van der Waals surface area contributed by atoms with Gasteiger partial charge < -0.3 is 10.8 Å². The van der Waals surface area contributed by atoms with Gasteiger partial charge in [-0.1, -0.05) is 40.5 Å². The number of nitrogens with two attached hydrogens (primary N) is 1. The van der Waals surface area contributed by atoms with E-state index in [0.717, 1.165) is 13.0 Å². The van der Waals surface area contributed by atoms with Crippen molar-refractivity contribution in [1.82, 2.24) is 4.90 Å². The molecule has 0 aromatic carbocycles. The van der Waals surface area contributed by atoms with Crippen LogP contribution in [0.15, 0.2) is 0 Å². The lowest BCUT2D eigenvalue weighted by molar-refractivity contribution is 0.0405. The molecule has 0 aliphatic carbocycles. The van der Waals surface area contributed by atoms with E-state index in [1.807, 2.05) is 0 Å². The standard InChI is InChI=1S/C15H32N2O/c1-5-12-9-7-6-8-10-17(12)13(11-18)14(16)15(2,3)4/h12-14,18H,5-11,16H2,1-4H3. The molecule has 1 rings (SSSR count). The van der Waals surface area contributed by atoms with Gasteiger partial charge in [0.15, 0.2) is 0 Å². The Labute approximate surface area is 113 Å². The van der Waals surface area contributed by atoms with Crippen LogP contribution in [-0.4, -0.2) is 41.3 Å². The highest BCUT2D eigenvalue weighted by Crippen LogP contribution is 2.28. The van der Waals surface area contributed by atoms with Crippen molar-refractivity contribution in [3.63, 3.8) is 0 Å². The third-order valence-corrected chi connectivity index (χ3v) is 4.42. The second kappa shape index (κ2) is 6.88. The van der Waals surface area contributed by atoms with E-state index < -0.39 is 0 Å². The molecule has 3 nitrogen and oxygen atoms in total. The second-order valence-corrected chi connectivity index (χ2v) is 6.79. The minimum absolute atomic E-state index is 0.0228. The van der Waals surface area contributed by atoms with Crippen LogP contribution in [0.4, 0.5) is 0 Å². The maximum atomic E-state index is 9.80. The van der Waals surface area contributed by atoms with Gasteiger partial charge in [0.2, 0.25) is 0 Å². The van der Waals surface area contributed by atoms with Crippen LogP contribution < -0.4 is 5.73 Å². The molecule has 0 aromatic heterocycles. The van der Waals surface area contributed by atoms with E-state index in [1.165, 1.54) is 25.7 Å². The van der Waals surface area contributed by atoms with E-state index in [-0.39, 0.29) is 24.1 Å². The summed E-state index contributed by atoms with van der Waals surface area (Å²) in [6.07, 6.45) is 6.29. The smallest absolute Gasteiger partial charge is 0.0602 e. The highest BCUT2D eigenvalue weighted by molar-refractivity contribution is 4.92. The van der Waals surface area contributed by atoms with E-state index >= 15 is 0 Å². The number of aliphatic hydroxyl groups excluding tert-OH is 1. The first-order chi connectivity index (χ1) is 8.41. The van der Waals surface area contributed by atoms with E-state index in [9.17, 15) is 5.11 Å². The van der Waals surface area contributed by atoms with Crippen LogP contribution in [0, 0.1) is 5.41 Å². The molecule has 0 radical (unpaired) electrons. The van der Waals surface area contributed by atoms with E-state index in [4.69, 9.17) is 5.73 Å². The van der Waals surface area contributed by atoms with Gasteiger partial charge in [-0.2, -0.15) is 0 Å². The van der Waals surface area contributed by atoms with Crippen LogP contribution in [-0.2, 0) is 0 Å². The predicted molar refractivity (Wildman–Crippen MR) is 77.6 cm³/mol. The highest BCUT2D eigenvalue weighted by Gasteiger charge is 2.35. The zero-order valence-corrected chi connectivity index (χ0v) is 12.7. The summed E-state index contributed by atoms with van der Waals surface area (Å²) in [7, 11) is 0. The van der Waals surface area contributed by atoms with Gasteiger partial charge in [0.1, 0.15) is 0 Å². The summed E-state index contributed by atoms with van der Waals surface area (Å²) in [5.74, 6) is 0. The van der Waals surface area contributed by atoms with Crippen molar-refractivity contribution in [2.24, 2.45) is 11.1 Å². The van der Waals surface area contributed by atoms with Crippen molar-refractivity contribution in [3.8, 4) is 0 Å². The molecule has 1 heterocycles. The summed E-state index contributed by atoms with van der Waals surface area (Å²) in [4.78, 5) is 2.49. The molecular formula is C15H32N2O. The maximum absolute atomic E-state index is 9.80. The molecule has 3 N–H and O–H groups in total. The van der Waals surface area contributed by atoms with E-state index in [2.05, 4.69) is 32.6 Å². The Kier molecular flexibility index (Phi) is 6.09. The van der Waals surface area contributed by atoms with Gasteiger partial charge >= 0.3 is 0 Å². The van der Waals surface area contributed by atoms with Gasteiger partial charge in [0.05, 0.1) is 6.61 Å². The molecule has 0 amide bonds. The highest BCUT2D eigenvalue weighted by atomic mass is 16.3. The lowest BCUT2D eigenvalue weighted by atomic mass is 9.82. The van der Waals surface area contributed by atoms with Crippen molar-refractivity contribution >= 4 is 0 Å². The fourth-order valence-corrected chi connectivity index (χ4v) is 3.08. The van der Waals surface area contributed by atoms with Crippen molar-refractivity contribution in [2.45, 2.75) is 77.9 Å². The molecule has 3 heteroatoms. The topological polar surface area (TPSA) is 49.5 Å². The molecule has 1 saturated heterocycles. The molecule has 0 saturated carbocycles. The zero-order valence-electron chi connectivity index (χ0n) is 12.7. The average Bonchev–Trinajstić information content (AvgIpc) is 2.54. The molecule has 0 bridgehead atoms. The van der Waals surface area contributed by atoms with Crippen LogP contribution in [0.2, 0.25) is 0 Å². The minimum atomic E-state index is 0.0228. The lowest BCUT2D eigenvalue weighted by Crippen LogP contribution is -2.58. The number of rotatable bonds is 4. The number of aliphatic hydroxyl groups is 1. The quantitative estimate of drug-likeness (QED) is 0.812. The van der Waals surface area contributed by atoms with Crippen LogP contribution in [0.3, 0.4) is 0 Å². The van der Waals surface area contributed by atoms with Crippen LogP contribution >= 0.6 is 0 Å². The molecule has 0 spiro atoms. The first-order valence-electron chi connectivity index (χ1n) is 7.54. The molecular weight excluding hydrogens is 224 g/mol. The average molecular weight is 256 g/mol. The Morgan fingerprint density at radius 2 is 1.94 bits per heavy atom. The van der Waals surface area contributed by atoms with Gasteiger partial charge in [0, 0.05) is 18.1 Å². The summed E-state index contributed by atoms with van der Waals surface area (Å²) in [6, 6.07) is 0.723. The van der Waals surface area contributed by atoms with E-state index in [1.54, 1.807) is 0 Å². The maximum Gasteiger partial charge on any atom is 0.0602 e. The van der Waals surface area contributed by atoms with Crippen LogP contribution in [0.1, 0.15) is 59.8 Å². The second-order valence-electron chi connectivity index (χ2n) is 6.79. The third-order valence-electron chi connectivity index (χ3n) is 4.42. The number of nitrogens with zero attached hydrogens (tertiary/aromatic N) is 1. The zero-order chi connectivity index (χ0) is 13.8. The fourth-order valence-electron chi connectivity index (χ4n) is 3.08. The molecule has 3 unspecified atom stereocenters. The summed E-state index contributed by atoms with van der Waals surface area (Å²) in [5.41, 5.74) is 6.44. The Hall–Kier alpha value is -0.120. The third kappa shape index (κ3) is 3.94. The largest absolute Gasteiger partial charge is 0.395 e. The van der Waals surface area contributed by atoms with Gasteiger partial charge in [0.25, 0.3) is 0 Å². The minimum Gasteiger partial charge on any atom is -0.395 e. The Morgan fingerprint density at radius 1 is 1.28 bits per heavy atom. The molecule has 18 heavy (non-hydrogen) atoms. The number of hydrogen-bond donors (Lipinski definition) is 2. The summed E-state index contributed by atoms with van der Waals surface area (Å²) < 4.78 is 0. The molecule has 1 aliphatic rings. The molecule has 3 atom stereocenters. The van der Waals surface area contributed by atoms with E-state index in [0.29, 0.717) is 6.04 Å². The van der Waals surface area contributed by atoms with Gasteiger partial charge in [-0.05, 0) is 31.2 Å². The van der Waals surface area contributed by atoms with Gasteiger partial charge in [-0.15, -0.1) is 0 Å². The van der Waals surface area contributed by atoms with Crippen LogP contribution in [0.5, 0.6) is 0 Å². The Balaban J connectivity index is 2.83. The molecule has 0 aromatic rings. The first-order valence-corrected chi connectivity index (χ1v) is 7.54. The van der Waals surface area contributed by atoms with Gasteiger partial charge in [-0.25, -0.2) is 0 Å². The van der Waals surface area contributed by atoms with Crippen molar-refractivity contribution in [3.05, 3.63) is 0 Å². The van der Waals surface area contributed by atoms with Crippen LogP contribution in [0.25, 0.3) is 0 Å². The Morgan fingerprint density at radius 3 is 2.44 bits per heavy atom. The first kappa shape index (κ1) is 15.9. The monoisotopic (exact) mass is 256 g/mol. The summed E-state index contributed by atoms with van der Waals surface area (Å²) in [6.45, 7) is 10.0. The molecule has 108 valence electrons. The lowest BCUT2D eigenvalue weighted by Gasteiger charge is -2.43. The van der Waals surface area contributed by atoms with Crippen molar-refractivity contribution < 1.29 is 5.11 Å². The van der Waals surface area contributed by atoms with Crippen molar-refractivity contribution in [2.75, 3.05) is 13.2 Å². The SMILES string of the molecule is CCC1CCCCCN1C(CO)C(N)C(C)(C)C.